The minimum atomic E-state index is -0.589. The number of nitro groups is 1. The number of carbonyl (C=O) groups is 1. The molecule has 0 radical (unpaired) electrons. The van der Waals surface area contributed by atoms with Crippen LogP contribution >= 0.6 is 15.9 Å². The number of non-ortho nitro benzene ring substituents is 1. The third-order valence-corrected chi connectivity index (χ3v) is 4.50. The van der Waals surface area contributed by atoms with Crippen LogP contribution in [0.3, 0.4) is 0 Å². The molecule has 0 saturated carbocycles. The van der Waals surface area contributed by atoms with E-state index in [0.717, 1.165) is 22.3 Å². The van der Waals surface area contributed by atoms with Crippen LogP contribution in [0.2, 0.25) is 0 Å². The van der Waals surface area contributed by atoms with Crippen LogP contribution in [0, 0.1) is 10.1 Å². The van der Waals surface area contributed by atoms with Gasteiger partial charge in [-0.3, -0.25) is 14.9 Å². The molecule has 0 heterocycles. The van der Waals surface area contributed by atoms with Crippen molar-refractivity contribution in [2.45, 2.75) is 6.61 Å². The molecule has 0 aromatic heterocycles. The minimum absolute atomic E-state index is 0.101. The molecule has 0 atom stereocenters. The first kappa shape index (κ1) is 21.0. The number of phenols is 1. The number of carbonyl (C=O) groups excluding carboxylic acids is 1. The highest BCUT2D eigenvalue weighted by atomic mass is 79.9. The van der Waals surface area contributed by atoms with Gasteiger partial charge >= 0.3 is 0 Å². The van der Waals surface area contributed by atoms with Gasteiger partial charge in [0, 0.05) is 22.2 Å². The van der Waals surface area contributed by atoms with Gasteiger partial charge in [-0.2, -0.15) is 5.10 Å². The normalized spacial score (nSPS) is 10.7. The van der Waals surface area contributed by atoms with Crippen LogP contribution < -0.4 is 10.2 Å². The number of hydrazone groups is 1. The first-order chi connectivity index (χ1) is 14.4. The number of benzene rings is 3. The summed E-state index contributed by atoms with van der Waals surface area (Å²) in [4.78, 5) is 22.8. The highest BCUT2D eigenvalue weighted by molar-refractivity contribution is 9.10. The first-order valence-corrected chi connectivity index (χ1v) is 9.50. The number of ether oxygens (including phenoxy) is 1. The molecule has 0 unspecified atom stereocenters. The molecule has 3 aromatic carbocycles. The monoisotopic (exact) mass is 469 g/mol. The van der Waals surface area contributed by atoms with Crippen LogP contribution in [0.25, 0.3) is 0 Å². The number of aromatic hydroxyl groups is 1. The van der Waals surface area contributed by atoms with Gasteiger partial charge in [0.05, 0.1) is 16.7 Å². The highest BCUT2D eigenvalue weighted by Gasteiger charge is 2.12. The van der Waals surface area contributed by atoms with Crippen molar-refractivity contribution in [3.05, 3.63) is 98.0 Å². The van der Waals surface area contributed by atoms with Gasteiger partial charge in [0.25, 0.3) is 11.6 Å². The van der Waals surface area contributed by atoms with Crippen molar-refractivity contribution < 1.29 is 19.6 Å². The number of nitrogens with one attached hydrogen (secondary N) is 1. The molecule has 9 heteroatoms. The molecule has 0 aliphatic rings. The number of hydrogen-bond donors (Lipinski definition) is 2. The fourth-order valence-corrected chi connectivity index (χ4v) is 2.99. The van der Waals surface area contributed by atoms with Crippen LogP contribution in [0.4, 0.5) is 5.69 Å². The van der Waals surface area contributed by atoms with Gasteiger partial charge in [-0.25, -0.2) is 5.43 Å². The topological polar surface area (TPSA) is 114 Å². The molecule has 8 nitrogen and oxygen atoms in total. The lowest BCUT2D eigenvalue weighted by Gasteiger charge is -2.10. The molecule has 0 spiro atoms. The number of hydrogen-bond acceptors (Lipinski definition) is 6. The molecule has 0 fully saturated rings. The lowest BCUT2D eigenvalue weighted by Crippen LogP contribution is -2.18. The molecular weight excluding hydrogens is 454 g/mol. The summed E-state index contributed by atoms with van der Waals surface area (Å²) in [6, 6.07) is 17.8. The predicted molar refractivity (Wildman–Crippen MR) is 115 cm³/mol. The number of nitrogens with zero attached hydrogens (tertiary/aromatic N) is 2. The molecule has 3 rings (SSSR count). The predicted octanol–water partition coefficient (Wildman–Crippen LogP) is 4.41. The summed E-state index contributed by atoms with van der Waals surface area (Å²) in [5.74, 6) is -0.347. The molecule has 0 bridgehead atoms. The van der Waals surface area contributed by atoms with E-state index in [1.807, 2.05) is 24.3 Å². The van der Waals surface area contributed by atoms with Gasteiger partial charge in [-0.05, 0) is 35.9 Å². The molecular formula is C21H16BrN3O5. The molecule has 30 heavy (non-hydrogen) atoms. The van der Waals surface area contributed by atoms with Crippen molar-refractivity contribution in [1.29, 1.82) is 0 Å². The Hall–Kier alpha value is -3.72. The smallest absolute Gasteiger partial charge is 0.275 e. The van der Waals surface area contributed by atoms with E-state index in [9.17, 15) is 20.0 Å². The second-order valence-corrected chi connectivity index (χ2v) is 7.03. The van der Waals surface area contributed by atoms with Crippen molar-refractivity contribution in [3.63, 3.8) is 0 Å². The summed E-state index contributed by atoms with van der Waals surface area (Å²) < 4.78 is 6.70. The summed E-state index contributed by atoms with van der Waals surface area (Å²) >= 11 is 3.40. The zero-order chi connectivity index (χ0) is 21.5. The van der Waals surface area contributed by atoms with Gasteiger partial charge in [0.1, 0.15) is 18.1 Å². The molecule has 0 aliphatic carbocycles. The van der Waals surface area contributed by atoms with Crippen molar-refractivity contribution in [2.24, 2.45) is 5.10 Å². The Labute approximate surface area is 180 Å². The Balaban J connectivity index is 1.69. The molecule has 2 N–H and O–H groups in total. The minimum Gasteiger partial charge on any atom is -0.507 e. The van der Waals surface area contributed by atoms with Crippen molar-refractivity contribution in [1.82, 2.24) is 5.43 Å². The zero-order valence-electron chi connectivity index (χ0n) is 15.5. The number of halogens is 1. The SMILES string of the molecule is O=C(N/N=C/c1cc([N+](=O)[O-])ccc1O)c1ccccc1OCc1cccc(Br)c1. The number of rotatable bonds is 7. The van der Waals surface area contributed by atoms with Crippen LogP contribution in [-0.2, 0) is 6.61 Å². The number of phenolic OH excluding ortho intramolecular Hbond substituents is 1. The molecule has 0 saturated heterocycles. The third-order valence-electron chi connectivity index (χ3n) is 4.01. The third kappa shape index (κ3) is 5.42. The van der Waals surface area contributed by atoms with Gasteiger partial charge in [0.15, 0.2) is 0 Å². The standard InChI is InChI=1S/C21H16BrN3O5/c22-16-5-3-4-14(10-16)13-30-20-7-2-1-6-18(20)21(27)24-23-12-15-11-17(25(28)29)8-9-19(15)26/h1-12,26H,13H2,(H,24,27)/b23-12+. The first-order valence-electron chi connectivity index (χ1n) is 8.71. The van der Waals surface area contributed by atoms with Gasteiger partial charge in [-0.1, -0.05) is 40.2 Å². The summed E-state index contributed by atoms with van der Waals surface area (Å²) in [6.07, 6.45) is 1.13. The summed E-state index contributed by atoms with van der Waals surface area (Å²) in [5.41, 5.74) is 3.43. The summed E-state index contributed by atoms with van der Waals surface area (Å²) in [7, 11) is 0. The molecule has 152 valence electrons. The Kier molecular flexibility index (Phi) is 6.76. The van der Waals surface area contributed by atoms with E-state index in [2.05, 4.69) is 26.5 Å². The number of para-hydroxylation sites is 1. The Bertz CT molecular complexity index is 1120. The maximum atomic E-state index is 12.5. The van der Waals surface area contributed by atoms with E-state index < -0.39 is 10.8 Å². The fourth-order valence-electron chi connectivity index (χ4n) is 2.55. The van der Waals surface area contributed by atoms with Crippen molar-refractivity contribution in [3.8, 4) is 11.5 Å². The second-order valence-electron chi connectivity index (χ2n) is 6.11. The van der Waals surface area contributed by atoms with E-state index in [-0.39, 0.29) is 29.2 Å². The van der Waals surface area contributed by atoms with Gasteiger partial charge < -0.3 is 9.84 Å². The van der Waals surface area contributed by atoms with Crippen LogP contribution in [0.1, 0.15) is 21.5 Å². The Morgan fingerprint density at radius 2 is 1.97 bits per heavy atom. The van der Waals surface area contributed by atoms with Crippen molar-refractivity contribution >= 4 is 33.7 Å². The summed E-state index contributed by atoms with van der Waals surface area (Å²) in [6.45, 7) is 0.272. The maximum Gasteiger partial charge on any atom is 0.275 e. The second kappa shape index (κ2) is 9.66. The maximum absolute atomic E-state index is 12.5. The molecule has 3 aromatic rings. The molecule has 1 amide bonds. The Morgan fingerprint density at radius 1 is 1.17 bits per heavy atom. The summed E-state index contributed by atoms with van der Waals surface area (Å²) in [5, 5.41) is 24.4. The van der Waals surface area contributed by atoms with E-state index in [4.69, 9.17) is 4.74 Å². The average Bonchev–Trinajstić information content (AvgIpc) is 2.73. The van der Waals surface area contributed by atoms with E-state index in [0.29, 0.717) is 5.75 Å². The lowest BCUT2D eigenvalue weighted by atomic mass is 10.2. The van der Waals surface area contributed by atoms with Crippen LogP contribution in [0.15, 0.2) is 76.3 Å². The number of nitro benzene ring substituents is 1. The molecule has 0 aliphatic heterocycles. The largest absolute Gasteiger partial charge is 0.507 e. The fraction of sp³-hybridized carbons (Fsp3) is 0.0476. The zero-order valence-corrected chi connectivity index (χ0v) is 17.1. The van der Waals surface area contributed by atoms with E-state index >= 15 is 0 Å². The van der Waals surface area contributed by atoms with Crippen LogP contribution in [0.5, 0.6) is 11.5 Å². The van der Waals surface area contributed by atoms with E-state index in [1.165, 1.54) is 12.1 Å². The quantitative estimate of drug-likeness (QED) is 0.302. The van der Waals surface area contributed by atoms with E-state index in [1.54, 1.807) is 24.3 Å². The average molecular weight is 470 g/mol. The van der Waals surface area contributed by atoms with Gasteiger partial charge in [0.2, 0.25) is 0 Å². The highest BCUT2D eigenvalue weighted by Crippen LogP contribution is 2.22. The number of amides is 1. The van der Waals surface area contributed by atoms with Crippen LogP contribution in [-0.4, -0.2) is 22.2 Å². The Morgan fingerprint density at radius 3 is 2.73 bits per heavy atom. The lowest BCUT2D eigenvalue weighted by molar-refractivity contribution is -0.384. The van der Waals surface area contributed by atoms with Crippen molar-refractivity contribution in [2.75, 3.05) is 0 Å². The van der Waals surface area contributed by atoms with Gasteiger partial charge in [-0.15, -0.1) is 0 Å².